The molecule has 0 aliphatic rings. The summed E-state index contributed by atoms with van der Waals surface area (Å²) < 4.78 is 22.7. The van der Waals surface area contributed by atoms with Crippen molar-refractivity contribution in [2.24, 2.45) is 5.92 Å². The maximum atomic E-state index is 11.3. The molecular weight excluding hydrogens is 240 g/mol. The van der Waals surface area contributed by atoms with Crippen LogP contribution in [0.1, 0.15) is 26.7 Å². The zero-order valence-electron chi connectivity index (χ0n) is 7.72. The van der Waals surface area contributed by atoms with Crippen LogP contribution in [0.5, 0.6) is 0 Å². The van der Waals surface area contributed by atoms with Gasteiger partial charge in [-0.15, -0.1) is 0 Å². The molecule has 2 nitrogen and oxygen atoms in total. The number of hydrogen-bond acceptors (Lipinski definition) is 2. The van der Waals surface area contributed by atoms with Gasteiger partial charge in [0.05, 0.1) is 11.5 Å². The molecule has 0 heterocycles. The molecule has 0 aliphatic carbocycles. The maximum Gasteiger partial charge on any atom is 0.150 e. The fourth-order valence-electron chi connectivity index (χ4n) is 0.926. The highest BCUT2D eigenvalue weighted by molar-refractivity contribution is 9.09. The molecule has 1 atom stereocenters. The SMILES string of the molecule is CCCCS(=O)(=O)CC(C)CBr. The lowest BCUT2D eigenvalue weighted by Gasteiger charge is -2.07. The zero-order chi connectivity index (χ0) is 9.61. The van der Waals surface area contributed by atoms with Crippen molar-refractivity contribution in [1.29, 1.82) is 0 Å². The molecular formula is C8H17BrO2S. The standard InChI is InChI=1S/C8H17BrO2S/c1-3-4-5-12(10,11)7-8(2)6-9/h8H,3-7H2,1-2H3. The summed E-state index contributed by atoms with van der Waals surface area (Å²) >= 11 is 3.27. The van der Waals surface area contributed by atoms with Gasteiger partial charge in [-0.1, -0.05) is 36.2 Å². The minimum absolute atomic E-state index is 0.229. The third kappa shape index (κ3) is 6.00. The Hall–Kier alpha value is 0.430. The van der Waals surface area contributed by atoms with Crippen molar-refractivity contribution in [1.82, 2.24) is 0 Å². The largest absolute Gasteiger partial charge is 0.229 e. The van der Waals surface area contributed by atoms with E-state index in [0.717, 1.165) is 18.2 Å². The number of halogens is 1. The lowest BCUT2D eigenvalue weighted by molar-refractivity contribution is 0.581. The van der Waals surface area contributed by atoms with Crippen LogP contribution >= 0.6 is 15.9 Å². The van der Waals surface area contributed by atoms with Crippen LogP contribution in [0.15, 0.2) is 0 Å². The Balaban J connectivity index is 3.88. The lowest BCUT2D eigenvalue weighted by atomic mass is 10.3. The van der Waals surface area contributed by atoms with Gasteiger partial charge in [0.1, 0.15) is 0 Å². The highest BCUT2D eigenvalue weighted by Gasteiger charge is 2.13. The molecule has 1 unspecified atom stereocenters. The van der Waals surface area contributed by atoms with Gasteiger partial charge in [0, 0.05) is 5.33 Å². The minimum atomic E-state index is -2.79. The Morgan fingerprint density at radius 1 is 1.42 bits per heavy atom. The zero-order valence-corrected chi connectivity index (χ0v) is 10.1. The van der Waals surface area contributed by atoms with Crippen LogP contribution in [-0.4, -0.2) is 25.3 Å². The van der Waals surface area contributed by atoms with E-state index in [0.29, 0.717) is 11.5 Å². The summed E-state index contributed by atoms with van der Waals surface area (Å²) in [4.78, 5) is 0. The van der Waals surface area contributed by atoms with E-state index in [-0.39, 0.29) is 5.92 Å². The molecule has 0 spiro atoms. The summed E-state index contributed by atoms with van der Waals surface area (Å²) in [6.07, 6.45) is 1.74. The molecule has 0 aliphatic heterocycles. The summed E-state index contributed by atoms with van der Waals surface area (Å²) in [5, 5.41) is 0.762. The Kier molecular flexibility index (Phi) is 6.19. The first-order valence-corrected chi connectivity index (χ1v) is 7.22. The van der Waals surface area contributed by atoms with Gasteiger partial charge < -0.3 is 0 Å². The third-order valence-electron chi connectivity index (χ3n) is 1.61. The molecule has 0 saturated heterocycles. The lowest BCUT2D eigenvalue weighted by Crippen LogP contribution is -2.17. The van der Waals surface area contributed by atoms with Crippen molar-refractivity contribution in [3.63, 3.8) is 0 Å². The van der Waals surface area contributed by atoms with Crippen LogP contribution in [0.4, 0.5) is 0 Å². The first-order chi connectivity index (χ1) is 5.52. The van der Waals surface area contributed by atoms with Crippen molar-refractivity contribution in [2.45, 2.75) is 26.7 Å². The monoisotopic (exact) mass is 256 g/mol. The van der Waals surface area contributed by atoms with Crippen molar-refractivity contribution < 1.29 is 8.42 Å². The van der Waals surface area contributed by atoms with Crippen LogP contribution in [0.2, 0.25) is 0 Å². The van der Waals surface area contributed by atoms with Crippen molar-refractivity contribution in [3.8, 4) is 0 Å². The van der Waals surface area contributed by atoms with Crippen molar-refractivity contribution in [2.75, 3.05) is 16.8 Å². The molecule has 0 fully saturated rings. The second kappa shape index (κ2) is 5.97. The molecule has 0 bridgehead atoms. The molecule has 0 amide bonds. The smallest absolute Gasteiger partial charge is 0.150 e. The molecule has 74 valence electrons. The van der Waals surface area contributed by atoms with Crippen LogP contribution in [0, 0.1) is 5.92 Å². The predicted octanol–water partition coefficient (Wildman–Crippen LogP) is 2.23. The van der Waals surface area contributed by atoms with E-state index in [2.05, 4.69) is 15.9 Å². The molecule has 0 saturated carbocycles. The van der Waals surface area contributed by atoms with Gasteiger partial charge in [-0.05, 0) is 12.3 Å². The molecule has 0 aromatic carbocycles. The van der Waals surface area contributed by atoms with E-state index < -0.39 is 9.84 Å². The van der Waals surface area contributed by atoms with E-state index in [1.165, 1.54) is 0 Å². The van der Waals surface area contributed by atoms with Gasteiger partial charge in [-0.25, -0.2) is 8.42 Å². The van der Waals surface area contributed by atoms with Crippen LogP contribution < -0.4 is 0 Å². The van der Waals surface area contributed by atoms with Gasteiger partial charge in [-0.2, -0.15) is 0 Å². The molecule has 0 aromatic rings. The van der Waals surface area contributed by atoms with E-state index in [4.69, 9.17) is 0 Å². The molecule has 0 radical (unpaired) electrons. The van der Waals surface area contributed by atoms with Gasteiger partial charge in [0.15, 0.2) is 9.84 Å². The van der Waals surface area contributed by atoms with Crippen LogP contribution in [0.25, 0.3) is 0 Å². The molecule has 0 aromatic heterocycles. The number of hydrogen-bond donors (Lipinski definition) is 0. The first-order valence-electron chi connectivity index (χ1n) is 4.28. The summed E-state index contributed by atoms with van der Waals surface area (Å²) in [5.41, 5.74) is 0. The normalized spacial score (nSPS) is 14.6. The molecule has 12 heavy (non-hydrogen) atoms. The number of sulfone groups is 1. The number of unbranched alkanes of at least 4 members (excludes halogenated alkanes) is 1. The fraction of sp³-hybridized carbons (Fsp3) is 1.00. The van der Waals surface area contributed by atoms with E-state index in [1.54, 1.807) is 0 Å². The van der Waals surface area contributed by atoms with Gasteiger partial charge >= 0.3 is 0 Å². The average molecular weight is 257 g/mol. The predicted molar refractivity (Wildman–Crippen MR) is 56.5 cm³/mol. The van der Waals surface area contributed by atoms with Crippen molar-refractivity contribution in [3.05, 3.63) is 0 Å². The number of rotatable bonds is 6. The highest BCUT2D eigenvalue weighted by Crippen LogP contribution is 2.06. The van der Waals surface area contributed by atoms with Crippen molar-refractivity contribution >= 4 is 25.8 Å². The third-order valence-corrected chi connectivity index (χ3v) is 4.70. The Labute approximate surface area is 83.8 Å². The molecule has 0 N–H and O–H groups in total. The van der Waals surface area contributed by atoms with E-state index in [1.807, 2.05) is 13.8 Å². The average Bonchev–Trinajstić information content (AvgIpc) is 2.00. The minimum Gasteiger partial charge on any atom is -0.229 e. The summed E-state index contributed by atoms with van der Waals surface area (Å²) in [5.74, 6) is 0.894. The van der Waals surface area contributed by atoms with Gasteiger partial charge in [0.25, 0.3) is 0 Å². The maximum absolute atomic E-state index is 11.3. The van der Waals surface area contributed by atoms with Gasteiger partial charge in [-0.3, -0.25) is 0 Å². The molecule has 0 rings (SSSR count). The van der Waals surface area contributed by atoms with E-state index >= 15 is 0 Å². The Morgan fingerprint density at radius 2 is 2.00 bits per heavy atom. The highest BCUT2D eigenvalue weighted by atomic mass is 79.9. The second-order valence-electron chi connectivity index (χ2n) is 3.23. The second-order valence-corrected chi connectivity index (χ2v) is 6.10. The van der Waals surface area contributed by atoms with E-state index in [9.17, 15) is 8.42 Å². The number of alkyl halides is 1. The topological polar surface area (TPSA) is 34.1 Å². The Morgan fingerprint density at radius 3 is 2.42 bits per heavy atom. The summed E-state index contributed by atoms with van der Waals surface area (Å²) in [7, 11) is -2.79. The fourth-order valence-corrected chi connectivity index (χ4v) is 3.34. The Bertz CT molecular complexity index is 199. The van der Waals surface area contributed by atoms with Crippen LogP contribution in [-0.2, 0) is 9.84 Å². The molecule has 4 heteroatoms. The quantitative estimate of drug-likeness (QED) is 0.684. The van der Waals surface area contributed by atoms with Crippen LogP contribution in [0.3, 0.4) is 0 Å². The van der Waals surface area contributed by atoms with Gasteiger partial charge in [0.2, 0.25) is 0 Å². The summed E-state index contributed by atoms with van der Waals surface area (Å²) in [6, 6.07) is 0. The first kappa shape index (κ1) is 12.4. The summed E-state index contributed by atoms with van der Waals surface area (Å²) in [6.45, 7) is 3.95.